The van der Waals surface area contributed by atoms with Crippen molar-refractivity contribution in [2.45, 2.75) is 33.1 Å². The van der Waals surface area contributed by atoms with Gasteiger partial charge >= 0.3 is 6.18 Å². The van der Waals surface area contributed by atoms with Crippen molar-refractivity contribution in [1.82, 2.24) is 25.1 Å². The molecule has 0 aromatic carbocycles. The smallest absolute Gasteiger partial charge is 0.333 e. The number of fused-ring (bicyclic) bond motifs is 1. The average Bonchev–Trinajstić information content (AvgIpc) is 2.82. The van der Waals surface area contributed by atoms with Crippen molar-refractivity contribution in [3.63, 3.8) is 0 Å². The number of guanidine groups is 1. The lowest BCUT2D eigenvalue weighted by atomic mass is 10.2. The second-order valence-corrected chi connectivity index (χ2v) is 5.21. The summed E-state index contributed by atoms with van der Waals surface area (Å²) in [5.74, 6) is 5.54. The van der Waals surface area contributed by atoms with Crippen LogP contribution >= 0.6 is 0 Å². The van der Waals surface area contributed by atoms with Gasteiger partial charge in [-0.25, -0.2) is 5.84 Å². The van der Waals surface area contributed by atoms with Crippen LogP contribution in [0, 0.1) is 5.92 Å². The maximum atomic E-state index is 12.7. The highest BCUT2D eigenvalue weighted by molar-refractivity contribution is 5.79. The Morgan fingerprint density at radius 2 is 2.10 bits per heavy atom. The molecule has 1 aromatic heterocycles. The monoisotopic (exact) mass is 305 g/mol. The van der Waals surface area contributed by atoms with E-state index in [1.54, 1.807) is 4.90 Å². The van der Waals surface area contributed by atoms with Crippen LogP contribution in [0.15, 0.2) is 4.99 Å². The fourth-order valence-electron chi connectivity index (χ4n) is 2.05. The third kappa shape index (κ3) is 3.43. The second-order valence-electron chi connectivity index (χ2n) is 5.21. The number of nitrogens with one attached hydrogen (secondary N) is 1. The number of halogens is 3. The maximum Gasteiger partial charge on any atom is 0.451 e. The van der Waals surface area contributed by atoms with Crippen LogP contribution in [0.4, 0.5) is 13.2 Å². The third-order valence-corrected chi connectivity index (χ3v) is 3.04. The molecule has 0 unspecified atom stereocenters. The summed E-state index contributed by atoms with van der Waals surface area (Å²) >= 11 is 0. The lowest BCUT2D eigenvalue weighted by Crippen LogP contribution is -2.48. The molecule has 7 nitrogen and oxygen atoms in total. The molecule has 1 aliphatic heterocycles. The predicted molar refractivity (Wildman–Crippen MR) is 69.9 cm³/mol. The Hall–Kier alpha value is -1.84. The molecule has 0 bridgehead atoms. The molecule has 0 amide bonds. The second kappa shape index (κ2) is 5.88. The minimum Gasteiger partial charge on any atom is -0.333 e. The molecule has 0 atom stereocenters. The molecule has 0 spiro atoms. The van der Waals surface area contributed by atoms with Crippen molar-refractivity contribution >= 4 is 5.96 Å². The predicted octanol–water partition coefficient (Wildman–Crippen LogP) is 0.588. The first-order valence-electron chi connectivity index (χ1n) is 6.58. The van der Waals surface area contributed by atoms with Crippen molar-refractivity contribution < 1.29 is 13.2 Å². The Morgan fingerprint density at radius 1 is 1.38 bits per heavy atom. The molecule has 0 saturated heterocycles. The molecule has 1 aliphatic rings. The van der Waals surface area contributed by atoms with Gasteiger partial charge < -0.3 is 9.47 Å². The lowest BCUT2D eigenvalue weighted by Gasteiger charge is -2.30. The van der Waals surface area contributed by atoms with Gasteiger partial charge in [0.05, 0.1) is 6.54 Å². The molecule has 118 valence electrons. The molecule has 1 aromatic rings. The molecular formula is C11H18F3N7. The minimum atomic E-state index is -4.49. The Bertz CT molecular complexity index is 520. The Kier molecular flexibility index (Phi) is 4.35. The van der Waals surface area contributed by atoms with Crippen molar-refractivity contribution in [1.29, 1.82) is 0 Å². The highest BCUT2D eigenvalue weighted by Gasteiger charge is 2.39. The maximum absolute atomic E-state index is 12.7. The zero-order valence-corrected chi connectivity index (χ0v) is 11.9. The first-order chi connectivity index (χ1) is 9.82. The normalized spacial score (nSPS) is 16.3. The van der Waals surface area contributed by atoms with E-state index < -0.39 is 12.0 Å². The van der Waals surface area contributed by atoms with Gasteiger partial charge in [0.2, 0.25) is 11.8 Å². The van der Waals surface area contributed by atoms with E-state index in [1.165, 1.54) is 0 Å². The van der Waals surface area contributed by atoms with Crippen LogP contribution in [0.5, 0.6) is 0 Å². The SMILES string of the molecule is CC(C)CN=C(NN)N1CCn2c(nnc2C(F)(F)F)C1. The van der Waals surface area contributed by atoms with Gasteiger partial charge in [0, 0.05) is 19.6 Å². The molecule has 21 heavy (non-hydrogen) atoms. The van der Waals surface area contributed by atoms with E-state index in [1.807, 2.05) is 13.8 Å². The molecule has 10 heteroatoms. The summed E-state index contributed by atoms with van der Waals surface area (Å²) in [6.45, 7) is 5.29. The molecule has 3 N–H and O–H groups in total. The van der Waals surface area contributed by atoms with Crippen LogP contribution in [0.25, 0.3) is 0 Å². The number of rotatable bonds is 2. The Balaban J connectivity index is 2.16. The fraction of sp³-hybridized carbons (Fsp3) is 0.727. The van der Waals surface area contributed by atoms with Crippen LogP contribution in [0.1, 0.15) is 25.5 Å². The number of hydrogen-bond acceptors (Lipinski definition) is 4. The van der Waals surface area contributed by atoms with Crippen molar-refractivity contribution in [3.05, 3.63) is 11.6 Å². The summed E-state index contributed by atoms with van der Waals surface area (Å²) in [6, 6.07) is 0. The Labute approximate surface area is 120 Å². The number of nitrogens with zero attached hydrogens (tertiary/aromatic N) is 5. The number of nitrogens with two attached hydrogens (primary N) is 1. The molecular weight excluding hydrogens is 287 g/mol. The highest BCUT2D eigenvalue weighted by atomic mass is 19.4. The van der Waals surface area contributed by atoms with Crippen LogP contribution in [-0.4, -0.2) is 38.7 Å². The third-order valence-electron chi connectivity index (χ3n) is 3.04. The number of hydrogen-bond donors (Lipinski definition) is 2. The van der Waals surface area contributed by atoms with Gasteiger partial charge in [0.1, 0.15) is 0 Å². The number of hydrazine groups is 1. The van der Waals surface area contributed by atoms with E-state index in [0.29, 0.717) is 25.0 Å². The number of alkyl halides is 3. The van der Waals surface area contributed by atoms with Gasteiger partial charge in [-0.05, 0) is 5.92 Å². The van der Waals surface area contributed by atoms with E-state index in [2.05, 4.69) is 20.6 Å². The van der Waals surface area contributed by atoms with E-state index in [-0.39, 0.29) is 18.9 Å². The topological polar surface area (TPSA) is 84.4 Å². The van der Waals surface area contributed by atoms with Gasteiger partial charge in [-0.15, -0.1) is 10.2 Å². The molecule has 0 radical (unpaired) electrons. The van der Waals surface area contributed by atoms with Crippen LogP contribution in [0.2, 0.25) is 0 Å². The molecule has 0 saturated carbocycles. The first-order valence-corrected chi connectivity index (χ1v) is 6.58. The summed E-state index contributed by atoms with van der Waals surface area (Å²) in [7, 11) is 0. The highest BCUT2D eigenvalue weighted by Crippen LogP contribution is 2.29. The molecule has 2 rings (SSSR count). The van der Waals surface area contributed by atoms with Gasteiger partial charge in [-0.2, -0.15) is 13.2 Å². The summed E-state index contributed by atoms with van der Waals surface area (Å²) < 4.78 is 39.3. The average molecular weight is 305 g/mol. The van der Waals surface area contributed by atoms with Gasteiger partial charge in [0.15, 0.2) is 5.82 Å². The van der Waals surface area contributed by atoms with E-state index in [0.717, 1.165) is 4.57 Å². The van der Waals surface area contributed by atoms with Gasteiger partial charge in [-0.1, -0.05) is 13.8 Å². The van der Waals surface area contributed by atoms with Crippen LogP contribution < -0.4 is 11.3 Å². The Morgan fingerprint density at radius 3 is 2.67 bits per heavy atom. The molecule has 0 aliphatic carbocycles. The fourth-order valence-corrected chi connectivity index (χ4v) is 2.05. The van der Waals surface area contributed by atoms with Gasteiger partial charge in [0.25, 0.3) is 0 Å². The lowest BCUT2D eigenvalue weighted by molar-refractivity contribution is -0.147. The van der Waals surface area contributed by atoms with Crippen LogP contribution in [0.3, 0.4) is 0 Å². The summed E-state index contributed by atoms with van der Waals surface area (Å²) in [5, 5.41) is 6.85. The summed E-state index contributed by atoms with van der Waals surface area (Å²) in [6.07, 6.45) is -4.49. The number of aromatic nitrogens is 3. The van der Waals surface area contributed by atoms with Crippen molar-refractivity contribution in [2.75, 3.05) is 13.1 Å². The molecule has 2 heterocycles. The van der Waals surface area contributed by atoms with E-state index >= 15 is 0 Å². The van der Waals surface area contributed by atoms with E-state index in [4.69, 9.17) is 5.84 Å². The van der Waals surface area contributed by atoms with Crippen molar-refractivity contribution in [2.24, 2.45) is 16.8 Å². The zero-order chi connectivity index (χ0) is 15.6. The van der Waals surface area contributed by atoms with Crippen molar-refractivity contribution in [3.8, 4) is 0 Å². The summed E-state index contributed by atoms with van der Waals surface area (Å²) in [5.41, 5.74) is 2.49. The standard InChI is InChI=1S/C11H18F3N7/c1-7(2)5-16-10(17-15)20-3-4-21-8(6-20)18-19-9(21)11(12,13)14/h7H,3-6,15H2,1-2H3,(H,16,17). The van der Waals surface area contributed by atoms with E-state index in [9.17, 15) is 13.2 Å². The first kappa shape index (κ1) is 15.5. The largest absolute Gasteiger partial charge is 0.451 e. The van der Waals surface area contributed by atoms with Crippen LogP contribution in [-0.2, 0) is 19.3 Å². The number of aliphatic imine (C=N–C) groups is 1. The molecule has 0 fully saturated rings. The zero-order valence-electron chi connectivity index (χ0n) is 11.9. The summed E-state index contributed by atoms with van der Waals surface area (Å²) in [4.78, 5) is 6.08. The van der Waals surface area contributed by atoms with Gasteiger partial charge in [-0.3, -0.25) is 10.4 Å². The quantitative estimate of drug-likeness (QED) is 0.361. The minimum absolute atomic E-state index is 0.138.